The fraction of sp³-hybridized carbons (Fsp3) is 0.440. The summed E-state index contributed by atoms with van der Waals surface area (Å²) >= 11 is 0. The molecule has 3 amide bonds. The zero-order valence-electron chi connectivity index (χ0n) is 19.7. The number of ether oxygens (including phenoxy) is 1. The summed E-state index contributed by atoms with van der Waals surface area (Å²) in [6.45, 7) is 5.63. The number of nitrogens with zero attached hydrogens (tertiary/aromatic N) is 2. The van der Waals surface area contributed by atoms with Crippen molar-refractivity contribution in [3.05, 3.63) is 54.3 Å². The molecule has 1 unspecified atom stereocenters. The molecule has 1 heterocycles. The quantitative estimate of drug-likeness (QED) is 0.488. The van der Waals surface area contributed by atoms with E-state index < -0.39 is 6.04 Å². The van der Waals surface area contributed by atoms with Crippen LogP contribution in [0.1, 0.15) is 55.9 Å². The first-order chi connectivity index (χ1) is 16.4. The maximum atomic E-state index is 13.4. The summed E-state index contributed by atoms with van der Waals surface area (Å²) in [5.41, 5.74) is 0.632. The highest BCUT2D eigenvalue weighted by atomic mass is 16.5. The van der Waals surface area contributed by atoms with Crippen molar-refractivity contribution in [3.8, 4) is 5.75 Å². The minimum atomic E-state index is -0.873. The van der Waals surface area contributed by atoms with Crippen LogP contribution in [-0.2, 0) is 14.4 Å². The average molecular weight is 469 g/mol. The molecule has 1 aliphatic carbocycles. The van der Waals surface area contributed by atoms with Crippen LogP contribution < -0.4 is 15.4 Å². The topological polar surface area (TPSA) is 114 Å². The Hall–Kier alpha value is -3.62. The maximum Gasteiger partial charge on any atom is 0.247 e. The van der Waals surface area contributed by atoms with Crippen LogP contribution in [0, 0.1) is 6.92 Å². The number of aryl methyl sites for hydroxylation is 1. The van der Waals surface area contributed by atoms with Gasteiger partial charge in [-0.15, -0.1) is 6.58 Å². The van der Waals surface area contributed by atoms with Crippen molar-refractivity contribution in [2.75, 3.05) is 19.0 Å². The van der Waals surface area contributed by atoms with Gasteiger partial charge in [-0.2, -0.15) is 0 Å². The fourth-order valence-electron chi connectivity index (χ4n) is 4.12. The molecule has 0 aliphatic heterocycles. The maximum absolute atomic E-state index is 13.4. The number of amides is 3. The molecule has 2 aromatic rings. The van der Waals surface area contributed by atoms with Gasteiger partial charge in [-0.1, -0.05) is 36.2 Å². The Morgan fingerprint density at radius 1 is 1.26 bits per heavy atom. The molecule has 0 bridgehead atoms. The van der Waals surface area contributed by atoms with E-state index in [0.717, 1.165) is 25.7 Å². The fourth-order valence-corrected chi connectivity index (χ4v) is 4.12. The lowest BCUT2D eigenvalue weighted by Gasteiger charge is -2.31. The monoisotopic (exact) mass is 468 g/mol. The van der Waals surface area contributed by atoms with Gasteiger partial charge in [0.25, 0.3) is 0 Å². The van der Waals surface area contributed by atoms with E-state index >= 15 is 0 Å². The highest BCUT2D eigenvalue weighted by Gasteiger charge is 2.32. The zero-order valence-corrected chi connectivity index (χ0v) is 19.7. The van der Waals surface area contributed by atoms with Crippen molar-refractivity contribution < 1.29 is 23.6 Å². The number of hydrogen-bond donors (Lipinski definition) is 2. The SMILES string of the molecule is C=CCN(C(=O)CCC(=O)Nc1cc(C)on1)C(C(=O)NC1CCCC1)c1cccc(OC)c1. The third-order valence-corrected chi connectivity index (χ3v) is 5.78. The van der Waals surface area contributed by atoms with E-state index in [4.69, 9.17) is 9.26 Å². The number of methoxy groups -OCH3 is 1. The Labute approximate surface area is 199 Å². The van der Waals surface area contributed by atoms with Crippen LogP contribution >= 0.6 is 0 Å². The molecule has 1 aromatic heterocycles. The highest BCUT2D eigenvalue weighted by Crippen LogP contribution is 2.27. The van der Waals surface area contributed by atoms with Gasteiger partial charge >= 0.3 is 0 Å². The first-order valence-corrected chi connectivity index (χ1v) is 11.5. The van der Waals surface area contributed by atoms with Crippen LogP contribution in [0.3, 0.4) is 0 Å². The number of anilines is 1. The molecule has 9 heteroatoms. The third kappa shape index (κ3) is 6.69. The molecule has 1 fully saturated rings. The van der Waals surface area contributed by atoms with Gasteiger partial charge < -0.3 is 24.8 Å². The molecule has 0 saturated heterocycles. The summed E-state index contributed by atoms with van der Waals surface area (Å²) in [5.74, 6) is 0.498. The molecular formula is C25H32N4O5. The number of nitrogens with one attached hydrogen (secondary N) is 2. The number of carbonyl (C=O) groups excluding carboxylic acids is 3. The molecule has 1 aliphatic rings. The Kier molecular flexibility index (Phi) is 8.84. The molecule has 34 heavy (non-hydrogen) atoms. The molecule has 1 atom stereocenters. The molecule has 0 radical (unpaired) electrons. The van der Waals surface area contributed by atoms with E-state index in [1.54, 1.807) is 50.4 Å². The second kappa shape index (κ2) is 12.0. The van der Waals surface area contributed by atoms with Crippen molar-refractivity contribution in [1.29, 1.82) is 0 Å². The zero-order chi connectivity index (χ0) is 24.5. The molecule has 182 valence electrons. The van der Waals surface area contributed by atoms with E-state index in [0.29, 0.717) is 22.9 Å². The Bertz CT molecular complexity index is 1010. The van der Waals surface area contributed by atoms with Gasteiger partial charge in [-0.3, -0.25) is 14.4 Å². The van der Waals surface area contributed by atoms with Crippen molar-refractivity contribution in [1.82, 2.24) is 15.4 Å². The summed E-state index contributed by atoms with van der Waals surface area (Å²) < 4.78 is 10.3. The van der Waals surface area contributed by atoms with E-state index in [1.165, 1.54) is 4.90 Å². The molecule has 3 rings (SSSR count). The Morgan fingerprint density at radius 3 is 2.68 bits per heavy atom. The number of rotatable bonds is 11. The van der Waals surface area contributed by atoms with Crippen molar-refractivity contribution >= 4 is 23.5 Å². The van der Waals surface area contributed by atoms with Crippen molar-refractivity contribution in [2.24, 2.45) is 0 Å². The van der Waals surface area contributed by atoms with E-state index in [2.05, 4.69) is 22.4 Å². The number of carbonyl (C=O) groups is 3. The van der Waals surface area contributed by atoms with Crippen LogP contribution in [0.2, 0.25) is 0 Å². The van der Waals surface area contributed by atoms with Gasteiger partial charge in [0.1, 0.15) is 17.6 Å². The largest absolute Gasteiger partial charge is 0.497 e. The van der Waals surface area contributed by atoms with Gasteiger partial charge in [-0.25, -0.2) is 0 Å². The smallest absolute Gasteiger partial charge is 0.247 e. The Balaban J connectivity index is 1.77. The first kappa shape index (κ1) is 25.0. The second-order valence-electron chi connectivity index (χ2n) is 8.37. The predicted octanol–water partition coefficient (Wildman–Crippen LogP) is 3.53. The minimum absolute atomic E-state index is 0.0620. The lowest BCUT2D eigenvalue weighted by Crippen LogP contribution is -2.46. The summed E-state index contributed by atoms with van der Waals surface area (Å²) in [6, 6.07) is 7.93. The number of hydrogen-bond acceptors (Lipinski definition) is 6. The standard InChI is InChI=1S/C25H32N4O5/c1-4-14-29(23(31)13-12-22(30)27-21-15-17(2)34-28-21)24(18-8-7-11-20(16-18)33-3)25(32)26-19-9-5-6-10-19/h4,7-8,11,15-16,19,24H,1,5-6,9-10,12-14H2,2-3H3,(H,26,32)(H,27,28,30). The molecule has 0 spiro atoms. The van der Waals surface area contributed by atoms with Gasteiger partial charge in [0.2, 0.25) is 17.7 Å². The van der Waals surface area contributed by atoms with Crippen LogP contribution in [0.15, 0.2) is 47.5 Å². The van der Waals surface area contributed by atoms with E-state index in [1.807, 2.05) is 0 Å². The normalized spacial score (nSPS) is 14.3. The number of benzene rings is 1. The van der Waals surface area contributed by atoms with Crippen molar-refractivity contribution in [3.63, 3.8) is 0 Å². The second-order valence-corrected chi connectivity index (χ2v) is 8.37. The third-order valence-electron chi connectivity index (χ3n) is 5.78. The van der Waals surface area contributed by atoms with E-state index in [-0.39, 0.29) is 43.1 Å². The average Bonchev–Trinajstić information content (AvgIpc) is 3.48. The van der Waals surface area contributed by atoms with Crippen LogP contribution in [0.25, 0.3) is 0 Å². The van der Waals surface area contributed by atoms with Crippen LogP contribution in [0.4, 0.5) is 5.82 Å². The summed E-state index contributed by atoms with van der Waals surface area (Å²) in [6.07, 6.45) is 5.43. The summed E-state index contributed by atoms with van der Waals surface area (Å²) in [7, 11) is 1.55. The molecule has 2 N–H and O–H groups in total. The Morgan fingerprint density at radius 2 is 2.03 bits per heavy atom. The lowest BCUT2D eigenvalue weighted by atomic mass is 10.0. The van der Waals surface area contributed by atoms with Gasteiger partial charge in [0.05, 0.1) is 7.11 Å². The first-order valence-electron chi connectivity index (χ1n) is 11.5. The molecule has 1 aromatic carbocycles. The predicted molar refractivity (Wildman–Crippen MR) is 127 cm³/mol. The van der Waals surface area contributed by atoms with E-state index in [9.17, 15) is 14.4 Å². The number of aromatic nitrogens is 1. The van der Waals surface area contributed by atoms with Crippen LogP contribution in [-0.4, -0.2) is 47.5 Å². The van der Waals surface area contributed by atoms with Crippen LogP contribution in [0.5, 0.6) is 5.75 Å². The van der Waals surface area contributed by atoms with Gasteiger partial charge in [0.15, 0.2) is 5.82 Å². The summed E-state index contributed by atoms with van der Waals surface area (Å²) in [4.78, 5) is 40.5. The van der Waals surface area contributed by atoms with Gasteiger partial charge in [0, 0.05) is 31.5 Å². The molecular weight excluding hydrogens is 436 g/mol. The minimum Gasteiger partial charge on any atom is -0.497 e. The highest BCUT2D eigenvalue weighted by molar-refractivity contribution is 5.94. The summed E-state index contributed by atoms with van der Waals surface area (Å²) in [5, 5.41) is 9.43. The molecule has 9 nitrogen and oxygen atoms in total. The lowest BCUT2D eigenvalue weighted by molar-refractivity contribution is -0.141. The molecule has 1 saturated carbocycles. The van der Waals surface area contributed by atoms with Gasteiger partial charge in [-0.05, 0) is 37.5 Å². The van der Waals surface area contributed by atoms with Crippen molar-refractivity contribution in [2.45, 2.75) is 57.5 Å².